The Balaban J connectivity index is 4.27. The fraction of sp³-hybridized carbons (Fsp3) is 0.462. The van der Waals surface area contributed by atoms with Crippen molar-refractivity contribution in [3.8, 4) is 0 Å². The van der Waals surface area contributed by atoms with Crippen LogP contribution in [0.4, 0.5) is 0 Å². The van der Waals surface area contributed by atoms with Gasteiger partial charge < -0.3 is 15.3 Å². The summed E-state index contributed by atoms with van der Waals surface area (Å²) in [7, 11) is 0. The van der Waals surface area contributed by atoms with E-state index in [9.17, 15) is 14.4 Å². The van der Waals surface area contributed by atoms with E-state index in [-0.39, 0.29) is 17.4 Å². The maximum Gasteiger partial charge on any atom is 0.327 e. The smallest absolute Gasteiger partial charge is 0.327 e. The Hall–Kier alpha value is -1.76. The summed E-state index contributed by atoms with van der Waals surface area (Å²) >= 11 is 1.16. The first-order chi connectivity index (χ1) is 9.42. The molecular formula is C13H20N2O4S. The molecule has 0 spiro atoms. The largest absolute Gasteiger partial charge is 0.480 e. The second kappa shape index (κ2) is 10.1. The molecule has 0 fully saturated rings. The minimum atomic E-state index is -1.12. The average molecular weight is 300 g/mol. The quantitative estimate of drug-likeness (QED) is 0.574. The Morgan fingerprint density at radius 3 is 2.25 bits per heavy atom. The van der Waals surface area contributed by atoms with Gasteiger partial charge in [0.15, 0.2) is 0 Å². The zero-order chi connectivity index (χ0) is 15.5. The third-order valence-electron chi connectivity index (χ3n) is 2.24. The predicted octanol–water partition coefficient (Wildman–Crippen LogP) is 0.509. The van der Waals surface area contributed by atoms with Crippen molar-refractivity contribution in [3.05, 3.63) is 25.3 Å². The van der Waals surface area contributed by atoms with Crippen molar-refractivity contribution in [1.29, 1.82) is 0 Å². The van der Waals surface area contributed by atoms with Crippen LogP contribution in [-0.2, 0) is 14.4 Å². The summed E-state index contributed by atoms with van der Waals surface area (Å²) in [6.45, 7) is 9.22. The molecule has 2 amide bonds. The summed E-state index contributed by atoms with van der Waals surface area (Å²) in [4.78, 5) is 35.2. The van der Waals surface area contributed by atoms with Crippen LogP contribution in [0.5, 0.6) is 0 Å². The molecule has 0 heterocycles. The Bertz CT molecular complexity index is 375. The Kier molecular flexibility index (Phi) is 9.19. The minimum absolute atomic E-state index is 0.123. The molecular weight excluding hydrogens is 280 g/mol. The van der Waals surface area contributed by atoms with Crippen molar-refractivity contribution >= 4 is 29.5 Å². The van der Waals surface area contributed by atoms with E-state index in [1.807, 2.05) is 0 Å². The van der Waals surface area contributed by atoms with E-state index in [1.165, 1.54) is 6.92 Å². The minimum Gasteiger partial charge on any atom is -0.480 e. The molecule has 0 saturated carbocycles. The van der Waals surface area contributed by atoms with Crippen molar-refractivity contribution in [2.24, 2.45) is 0 Å². The summed E-state index contributed by atoms with van der Waals surface area (Å²) in [5.74, 6) is -1.37. The Morgan fingerprint density at radius 1 is 1.30 bits per heavy atom. The highest BCUT2D eigenvalue weighted by molar-refractivity contribution is 8.00. The Morgan fingerprint density at radius 2 is 1.85 bits per heavy atom. The van der Waals surface area contributed by atoms with E-state index in [1.54, 1.807) is 17.1 Å². The lowest BCUT2D eigenvalue weighted by atomic mass is 10.3. The third-order valence-corrected chi connectivity index (χ3v) is 3.26. The van der Waals surface area contributed by atoms with E-state index < -0.39 is 17.9 Å². The maximum atomic E-state index is 11.9. The second-order valence-electron chi connectivity index (χ2n) is 3.98. The molecule has 20 heavy (non-hydrogen) atoms. The molecule has 6 nitrogen and oxygen atoms in total. The van der Waals surface area contributed by atoms with E-state index in [2.05, 4.69) is 18.5 Å². The van der Waals surface area contributed by atoms with Gasteiger partial charge in [-0.3, -0.25) is 9.59 Å². The number of carbonyl (C=O) groups excluding carboxylic acids is 2. The van der Waals surface area contributed by atoms with Crippen molar-refractivity contribution < 1.29 is 19.5 Å². The zero-order valence-electron chi connectivity index (χ0n) is 11.5. The Labute approximate surface area is 122 Å². The standard InChI is InChI=1S/C13H20N2O4S/c1-4-6-15(7-5-2)12(17)9-20-8-11(13(18)19)14-10(3)16/h4-5,11H,1-2,6-9H2,3H3,(H,14,16)(H,18,19). The number of nitrogens with zero attached hydrogens (tertiary/aromatic N) is 1. The third kappa shape index (κ3) is 7.63. The van der Waals surface area contributed by atoms with Crippen molar-refractivity contribution in [2.45, 2.75) is 13.0 Å². The van der Waals surface area contributed by atoms with Crippen LogP contribution in [0.25, 0.3) is 0 Å². The molecule has 0 aliphatic carbocycles. The molecule has 7 heteroatoms. The monoisotopic (exact) mass is 300 g/mol. The van der Waals surface area contributed by atoms with Crippen LogP contribution in [0, 0.1) is 0 Å². The second-order valence-corrected chi connectivity index (χ2v) is 5.01. The highest BCUT2D eigenvalue weighted by Gasteiger charge is 2.19. The maximum absolute atomic E-state index is 11.9. The lowest BCUT2D eigenvalue weighted by Gasteiger charge is -2.19. The molecule has 0 aromatic carbocycles. The SMILES string of the molecule is C=CCN(CC=C)C(=O)CSCC(NC(C)=O)C(=O)O. The zero-order valence-corrected chi connectivity index (χ0v) is 12.3. The number of carboxylic acids is 1. The first-order valence-corrected chi connectivity index (χ1v) is 7.15. The van der Waals surface area contributed by atoms with E-state index in [4.69, 9.17) is 5.11 Å². The van der Waals surface area contributed by atoms with Gasteiger partial charge >= 0.3 is 5.97 Å². The van der Waals surface area contributed by atoms with Gasteiger partial charge in [-0.15, -0.1) is 24.9 Å². The van der Waals surface area contributed by atoms with E-state index >= 15 is 0 Å². The van der Waals surface area contributed by atoms with Gasteiger partial charge in [0.05, 0.1) is 5.75 Å². The van der Waals surface area contributed by atoms with Gasteiger partial charge in [0.1, 0.15) is 6.04 Å². The summed E-state index contributed by atoms with van der Waals surface area (Å²) < 4.78 is 0. The fourth-order valence-corrected chi connectivity index (χ4v) is 2.30. The van der Waals surface area contributed by atoms with Crippen LogP contribution in [0.3, 0.4) is 0 Å². The number of hydrogen-bond acceptors (Lipinski definition) is 4. The predicted molar refractivity (Wildman–Crippen MR) is 79.5 cm³/mol. The topological polar surface area (TPSA) is 86.7 Å². The molecule has 0 aromatic rings. The number of carboxylic acid groups (broad SMARTS) is 1. The molecule has 2 N–H and O–H groups in total. The number of carbonyl (C=O) groups is 3. The van der Waals surface area contributed by atoms with Crippen molar-refractivity contribution in [3.63, 3.8) is 0 Å². The van der Waals surface area contributed by atoms with Gasteiger partial charge in [-0.2, -0.15) is 0 Å². The van der Waals surface area contributed by atoms with Crippen LogP contribution < -0.4 is 5.32 Å². The fourth-order valence-electron chi connectivity index (χ4n) is 1.37. The molecule has 0 saturated heterocycles. The molecule has 0 radical (unpaired) electrons. The molecule has 0 bridgehead atoms. The lowest BCUT2D eigenvalue weighted by molar-refractivity contribution is -0.140. The summed E-state index contributed by atoms with van der Waals surface area (Å²) in [5.41, 5.74) is 0. The molecule has 112 valence electrons. The highest BCUT2D eigenvalue weighted by atomic mass is 32.2. The number of thioether (sulfide) groups is 1. The molecule has 0 aliphatic rings. The first kappa shape index (κ1) is 18.2. The average Bonchev–Trinajstić information content (AvgIpc) is 2.36. The van der Waals surface area contributed by atoms with Gasteiger partial charge in [0.2, 0.25) is 11.8 Å². The number of nitrogens with one attached hydrogen (secondary N) is 1. The van der Waals surface area contributed by atoms with Crippen LogP contribution in [0.15, 0.2) is 25.3 Å². The number of aliphatic carboxylic acids is 1. The van der Waals surface area contributed by atoms with Crippen molar-refractivity contribution in [2.75, 3.05) is 24.6 Å². The number of amides is 2. The summed E-state index contributed by atoms with van der Waals surface area (Å²) in [5, 5.41) is 11.2. The normalized spacial score (nSPS) is 11.2. The van der Waals surface area contributed by atoms with Crippen LogP contribution >= 0.6 is 11.8 Å². The lowest BCUT2D eigenvalue weighted by Crippen LogP contribution is -2.42. The van der Waals surface area contributed by atoms with Gasteiger partial charge in [-0.05, 0) is 0 Å². The van der Waals surface area contributed by atoms with Crippen LogP contribution in [0.1, 0.15) is 6.92 Å². The van der Waals surface area contributed by atoms with Crippen LogP contribution in [0.2, 0.25) is 0 Å². The van der Waals surface area contributed by atoms with Crippen molar-refractivity contribution in [1.82, 2.24) is 10.2 Å². The molecule has 1 atom stereocenters. The first-order valence-electron chi connectivity index (χ1n) is 5.99. The van der Waals surface area contributed by atoms with Gasteiger partial charge in [-0.1, -0.05) is 12.2 Å². The molecule has 1 unspecified atom stereocenters. The molecule has 0 rings (SSSR count). The molecule has 0 aliphatic heterocycles. The summed E-state index contributed by atoms with van der Waals surface area (Å²) in [6.07, 6.45) is 3.23. The van der Waals surface area contributed by atoms with Gasteiger partial charge in [0, 0.05) is 25.8 Å². The van der Waals surface area contributed by atoms with Gasteiger partial charge in [-0.25, -0.2) is 4.79 Å². The molecule has 0 aromatic heterocycles. The van der Waals surface area contributed by atoms with Gasteiger partial charge in [0.25, 0.3) is 0 Å². The highest BCUT2D eigenvalue weighted by Crippen LogP contribution is 2.06. The van der Waals surface area contributed by atoms with Crippen LogP contribution in [-0.4, -0.2) is 58.4 Å². The number of hydrogen-bond donors (Lipinski definition) is 2. The summed E-state index contributed by atoms with van der Waals surface area (Å²) in [6, 6.07) is -0.988. The number of rotatable bonds is 10. The van der Waals surface area contributed by atoms with E-state index in [0.717, 1.165) is 11.8 Å². The van der Waals surface area contributed by atoms with E-state index in [0.29, 0.717) is 13.1 Å².